The molecule has 2 rings (SSSR count). The minimum Gasteiger partial charge on any atom is -0.408 e. The molecule has 2 N–H and O–H groups in total. The standard InChI is InChI=1S/C14H21N3O2/c1-14(2,9-15-3)16-8-10-5-6-12-11(7-10)17(4)13(18)19-12/h5-7,15-16H,8-9H2,1-4H3. The molecule has 104 valence electrons. The second-order valence-electron chi connectivity index (χ2n) is 5.50. The number of nitrogens with zero attached hydrogens (tertiary/aromatic N) is 1. The van der Waals surface area contributed by atoms with Crippen molar-refractivity contribution >= 4 is 11.1 Å². The average Bonchev–Trinajstić information content (AvgIpc) is 2.63. The molecule has 0 spiro atoms. The monoisotopic (exact) mass is 263 g/mol. The molecular weight excluding hydrogens is 242 g/mol. The van der Waals surface area contributed by atoms with Gasteiger partial charge in [0.05, 0.1) is 5.52 Å². The maximum absolute atomic E-state index is 11.4. The summed E-state index contributed by atoms with van der Waals surface area (Å²) in [6, 6.07) is 5.81. The maximum Gasteiger partial charge on any atom is 0.419 e. The van der Waals surface area contributed by atoms with Crippen LogP contribution in [0.4, 0.5) is 0 Å². The van der Waals surface area contributed by atoms with Gasteiger partial charge in [0.25, 0.3) is 0 Å². The predicted molar refractivity (Wildman–Crippen MR) is 76.3 cm³/mol. The molecule has 0 saturated carbocycles. The van der Waals surface area contributed by atoms with E-state index in [1.165, 1.54) is 4.57 Å². The molecule has 0 saturated heterocycles. The number of fused-ring (bicyclic) bond motifs is 1. The number of likely N-dealkylation sites (N-methyl/N-ethyl adjacent to an activating group) is 1. The van der Waals surface area contributed by atoms with Gasteiger partial charge in [-0.05, 0) is 38.6 Å². The molecule has 0 unspecified atom stereocenters. The molecule has 2 aromatic rings. The summed E-state index contributed by atoms with van der Waals surface area (Å²) in [5.74, 6) is -0.323. The second-order valence-corrected chi connectivity index (χ2v) is 5.50. The van der Waals surface area contributed by atoms with Crippen molar-refractivity contribution in [3.63, 3.8) is 0 Å². The molecule has 5 nitrogen and oxygen atoms in total. The van der Waals surface area contributed by atoms with Crippen LogP contribution in [-0.2, 0) is 13.6 Å². The zero-order chi connectivity index (χ0) is 14.0. The lowest BCUT2D eigenvalue weighted by Crippen LogP contribution is -2.46. The van der Waals surface area contributed by atoms with Crippen molar-refractivity contribution < 1.29 is 4.42 Å². The fraction of sp³-hybridized carbons (Fsp3) is 0.500. The number of benzene rings is 1. The summed E-state index contributed by atoms with van der Waals surface area (Å²) < 4.78 is 6.64. The zero-order valence-electron chi connectivity index (χ0n) is 11.9. The molecule has 0 aliphatic carbocycles. The van der Waals surface area contributed by atoms with E-state index in [9.17, 15) is 4.79 Å². The number of hydrogen-bond acceptors (Lipinski definition) is 4. The highest BCUT2D eigenvalue weighted by atomic mass is 16.4. The van der Waals surface area contributed by atoms with Crippen LogP contribution < -0.4 is 16.4 Å². The molecule has 0 atom stereocenters. The molecular formula is C14H21N3O2. The Labute approximate surface area is 112 Å². The third-order valence-electron chi connectivity index (χ3n) is 3.25. The number of nitrogens with one attached hydrogen (secondary N) is 2. The number of oxazole rings is 1. The molecule has 1 heterocycles. The summed E-state index contributed by atoms with van der Waals surface area (Å²) in [7, 11) is 3.66. The average molecular weight is 263 g/mol. The Balaban J connectivity index is 2.18. The van der Waals surface area contributed by atoms with Crippen LogP contribution in [0.3, 0.4) is 0 Å². The van der Waals surface area contributed by atoms with Crippen LogP contribution in [0.5, 0.6) is 0 Å². The molecule has 0 amide bonds. The summed E-state index contributed by atoms with van der Waals surface area (Å²) in [6.45, 7) is 5.94. The molecule has 0 bridgehead atoms. The minimum absolute atomic E-state index is 0.0198. The predicted octanol–water partition coefficient (Wildman–Crippen LogP) is 1.22. The molecule has 19 heavy (non-hydrogen) atoms. The normalized spacial score (nSPS) is 12.2. The topological polar surface area (TPSA) is 59.2 Å². The smallest absolute Gasteiger partial charge is 0.408 e. The SMILES string of the molecule is CNCC(C)(C)NCc1ccc2oc(=O)n(C)c2c1. The first kappa shape index (κ1) is 13.8. The molecule has 0 radical (unpaired) electrons. The third-order valence-corrected chi connectivity index (χ3v) is 3.25. The van der Waals surface area contributed by atoms with Gasteiger partial charge in [0.1, 0.15) is 0 Å². The molecule has 0 aliphatic rings. The fourth-order valence-electron chi connectivity index (χ4n) is 2.13. The summed E-state index contributed by atoms with van der Waals surface area (Å²) in [5, 5.41) is 6.65. The van der Waals surface area contributed by atoms with Gasteiger partial charge >= 0.3 is 5.76 Å². The number of aryl methyl sites for hydroxylation is 1. The number of rotatable bonds is 5. The van der Waals surface area contributed by atoms with Crippen LogP contribution in [0.15, 0.2) is 27.4 Å². The van der Waals surface area contributed by atoms with Crippen LogP contribution in [0.25, 0.3) is 11.1 Å². The molecule has 5 heteroatoms. The highest BCUT2D eigenvalue weighted by Gasteiger charge is 2.15. The molecule has 1 aromatic carbocycles. The summed E-state index contributed by atoms with van der Waals surface area (Å²) >= 11 is 0. The zero-order valence-corrected chi connectivity index (χ0v) is 11.9. The van der Waals surface area contributed by atoms with Crippen molar-refractivity contribution in [2.75, 3.05) is 13.6 Å². The van der Waals surface area contributed by atoms with Crippen molar-refractivity contribution in [2.45, 2.75) is 25.9 Å². The van der Waals surface area contributed by atoms with E-state index in [0.717, 1.165) is 24.2 Å². The Morgan fingerprint density at radius 3 is 2.79 bits per heavy atom. The first-order valence-corrected chi connectivity index (χ1v) is 6.41. The summed E-state index contributed by atoms with van der Waals surface area (Å²) in [4.78, 5) is 11.4. The first-order valence-electron chi connectivity index (χ1n) is 6.41. The van der Waals surface area contributed by atoms with E-state index < -0.39 is 0 Å². The largest absolute Gasteiger partial charge is 0.419 e. The molecule has 0 aliphatic heterocycles. The Morgan fingerprint density at radius 1 is 1.37 bits per heavy atom. The van der Waals surface area contributed by atoms with E-state index in [4.69, 9.17) is 4.42 Å². The van der Waals surface area contributed by atoms with Gasteiger partial charge in [-0.25, -0.2) is 4.79 Å². The second kappa shape index (κ2) is 5.19. The number of aromatic nitrogens is 1. The fourth-order valence-corrected chi connectivity index (χ4v) is 2.13. The van der Waals surface area contributed by atoms with Gasteiger partial charge in [-0.3, -0.25) is 4.57 Å². The van der Waals surface area contributed by atoms with E-state index >= 15 is 0 Å². The van der Waals surface area contributed by atoms with E-state index in [-0.39, 0.29) is 11.3 Å². The van der Waals surface area contributed by atoms with Gasteiger partial charge in [0.2, 0.25) is 0 Å². The lowest BCUT2D eigenvalue weighted by Gasteiger charge is -2.26. The summed E-state index contributed by atoms with van der Waals surface area (Å²) in [6.07, 6.45) is 0. The van der Waals surface area contributed by atoms with Gasteiger partial charge < -0.3 is 15.1 Å². The van der Waals surface area contributed by atoms with Crippen molar-refractivity contribution in [3.05, 3.63) is 34.3 Å². The van der Waals surface area contributed by atoms with Crippen LogP contribution in [0.1, 0.15) is 19.4 Å². The van der Waals surface area contributed by atoms with Crippen LogP contribution in [0.2, 0.25) is 0 Å². The lowest BCUT2D eigenvalue weighted by atomic mass is 10.1. The van der Waals surface area contributed by atoms with Gasteiger partial charge in [0.15, 0.2) is 5.58 Å². The van der Waals surface area contributed by atoms with Gasteiger partial charge in [-0.2, -0.15) is 0 Å². The Bertz CT molecular complexity index is 625. The van der Waals surface area contributed by atoms with Crippen molar-refractivity contribution in [3.8, 4) is 0 Å². The third kappa shape index (κ3) is 3.05. The molecule has 0 fully saturated rings. The Morgan fingerprint density at radius 2 is 2.11 bits per heavy atom. The van der Waals surface area contributed by atoms with Crippen LogP contribution in [0, 0.1) is 0 Å². The van der Waals surface area contributed by atoms with Crippen molar-refractivity contribution in [1.82, 2.24) is 15.2 Å². The van der Waals surface area contributed by atoms with E-state index in [1.54, 1.807) is 7.05 Å². The Hall–Kier alpha value is -1.59. The highest BCUT2D eigenvalue weighted by Crippen LogP contribution is 2.14. The minimum atomic E-state index is -0.323. The molecule has 1 aromatic heterocycles. The van der Waals surface area contributed by atoms with Gasteiger partial charge in [-0.1, -0.05) is 6.07 Å². The van der Waals surface area contributed by atoms with E-state index in [2.05, 4.69) is 24.5 Å². The number of hydrogen-bond donors (Lipinski definition) is 2. The lowest BCUT2D eigenvalue weighted by molar-refractivity contribution is 0.374. The van der Waals surface area contributed by atoms with Crippen LogP contribution in [-0.4, -0.2) is 23.7 Å². The first-order chi connectivity index (χ1) is 8.93. The maximum atomic E-state index is 11.4. The van der Waals surface area contributed by atoms with Crippen molar-refractivity contribution in [1.29, 1.82) is 0 Å². The summed E-state index contributed by atoms with van der Waals surface area (Å²) in [5.41, 5.74) is 2.61. The van der Waals surface area contributed by atoms with Gasteiger partial charge in [0, 0.05) is 25.7 Å². The Kier molecular flexibility index (Phi) is 3.78. The highest BCUT2D eigenvalue weighted by molar-refractivity contribution is 5.73. The quantitative estimate of drug-likeness (QED) is 0.851. The van der Waals surface area contributed by atoms with Crippen LogP contribution >= 0.6 is 0 Å². The van der Waals surface area contributed by atoms with Gasteiger partial charge in [-0.15, -0.1) is 0 Å². The van der Waals surface area contributed by atoms with Crippen molar-refractivity contribution in [2.24, 2.45) is 7.05 Å². The van der Waals surface area contributed by atoms with E-state index in [1.807, 2.05) is 25.2 Å². The van der Waals surface area contributed by atoms with E-state index in [0.29, 0.717) is 5.58 Å².